The summed E-state index contributed by atoms with van der Waals surface area (Å²) in [5, 5.41) is 3.99. The van der Waals surface area contributed by atoms with Crippen LogP contribution in [0.15, 0.2) is 35.5 Å². The van der Waals surface area contributed by atoms with E-state index in [2.05, 4.69) is 25.1 Å². The van der Waals surface area contributed by atoms with Gasteiger partial charge in [0.15, 0.2) is 0 Å². The zero-order valence-corrected chi connectivity index (χ0v) is 16.4. The molecule has 0 radical (unpaired) electrons. The van der Waals surface area contributed by atoms with E-state index in [1.54, 1.807) is 23.5 Å². The molecular weight excluding hydrogens is 372 g/mol. The van der Waals surface area contributed by atoms with Crippen LogP contribution in [-0.4, -0.2) is 61.7 Å². The van der Waals surface area contributed by atoms with Gasteiger partial charge in [-0.15, -0.1) is 0 Å². The first kappa shape index (κ1) is 19.1. The van der Waals surface area contributed by atoms with E-state index in [9.17, 15) is 4.79 Å². The molecule has 1 aliphatic rings. The molecule has 1 amide bonds. The van der Waals surface area contributed by atoms with Gasteiger partial charge < -0.3 is 14.2 Å². The number of morpholine rings is 1. The third-order valence-corrected chi connectivity index (χ3v) is 4.96. The number of nitrogens with zero attached hydrogens (tertiary/aromatic N) is 6. The van der Waals surface area contributed by atoms with Crippen LogP contribution in [0.25, 0.3) is 11.3 Å². The van der Waals surface area contributed by atoms with Crippen molar-refractivity contribution in [3.63, 3.8) is 0 Å². The largest absolute Gasteiger partial charge is 0.375 e. The summed E-state index contributed by atoms with van der Waals surface area (Å²) in [5.41, 5.74) is 3.83. The monoisotopic (exact) mass is 394 g/mol. The maximum atomic E-state index is 12.6. The van der Waals surface area contributed by atoms with Gasteiger partial charge in [-0.2, -0.15) is 0 Å². The fourth-order valence-electron chi connectivity index (χ4n) is 3.49. The Morgan fingerprint density at radius 2 is 2.14 bits per heavy atom. The molecule has 0 spiro atoms. The Hall–Kier alpha value is -3.20. The van der Waals surface area contributed by atoms with E-state index in [4.69, 9.17) is 9.26 Å². The number of ether oxygens (including phenoxy) is 1. The summed E-state index contributed by atoms with van der Waals surface area (Å²) in [6.45, 7) is 5.37. The number of rotatable bonds is 5. The fourth-order valence-corrected chi connectivity index (χ4v) is 3.49. The average Bonchev–Trinajstić information content (AvgIpc) is 3.11. The molecule has 3 aromatic rings. The van der Waals surface area contributed by atoms with Crippen molar-refractivity contribution >= 4 is 5.91 Å². The standard InChI is InChI=1S/C20H22N6O3/c1-13-19(14(2)29-25-13)18-9-15(22-12-24-18)3-4-16-10-26(7-8-28-16)20(27)17-5-6-21-11-23-17/h5-6,9,11-12,16H,3-4,7-8,10H2,1-2H3/t16-/m1/s1. The molecule has 3 aromatic heterocycles. The lowest BCUT2D eigenvalue weighted by atomic mass is 10.1. The van der Waals surface area contributed by atoms with E-state index in [0.29, 0.717) is 25.4 Å². The van der Waals surface area contributed by atoms with Crippen molar-refractivity contribution in [1.29, 1.82) is 0 Å². The molecule has 1 fully saturated rings. The molecule has 0 bridgehead atoms. The van der Waals surface area contributed by atoms with Crippen molar-refractivity contribution in [2.45, 2.75) is 32.8 Å². The zero-order chi connectivity index (χ0) is 20.2. The normalized spacial score (nSPS) is 16.8. The zero-order valence-electron chi connectivity index (χ0n) is 16.4. The summed E-state index contributed by atoms with van der Waals surface area (Å²) in [4.78, 5) is 31.0. The Labute approximate surface area is 168 Å². The molecular formula is C20H22N6O3. The molecule has 4 heterocycles. The van der Waals surface area contributed by atoms with Crippen LogP contribution >= 0.6 is 0 Å². The highest BCUT2D eigenvalue weighted by atomic mass is 16.5. The predicted molar refractivity (Wildman–Crippen MR) is 103 cm³/mol. The van der Waals surface area contributed by atoms with E-state index in [1.165, 1.54) is 6.33 Å². The molecule has 4 rings (SSSR count). The van der Waals surface area contributed by atoms with Crippen LogP contribution in [0.3, 0.4) is 0 Å². The maximum absolute atomic E-state index is 12.6. The minimum absolute atomic E-state index is 0.0491. The second-order valence-electron chi connectivity index (χ2n) is 6.97. The van der Waals surface area contributed by atoms with Crippen molar-refractivity contribution in [3.8, 4) is 11.3 Å². The van der Waals surface area contributed by atoms with Gasteiger partial charge in [0.05, 0.1) is 29.7 Å². The number of aromatic nitrogens is 5. The summed E-state index contributed by atoms with van der Waals surface area (Å²) in [7, 11) is 0. The molecule has 0 unspecified atom stereocenters. The quantitative estimate of drug-likeness (QED) is 0.647. The fraction of sp³-hybridized carbons (Fsp3) is 0.400. The van der Waals surface area contributed by atoms with Gasteiger partial charge in [-0.05, 0) is 38.8 Å². The summed E-state index contributed by atoms with van der Waals surface area (Å²) >= 11 is 0. The average molecular weight is 394 g/mol. The van der Waals surface area contributed by atoms with Crippen LogP contribution in [0, 0.1) is 13.8 Å². The summed E-state index contributed by atoms with van der Waals surface area (Å²) < 4.78 is 11.1. The van der Waals surface area contributed by atoms with Crippen LogP contribution < -0.4 is 0 Å². The molecule has 150 valence electrons. The minimum atomic E-state index is -0.0940. The summed E-state index contributed by atoms with van der Waals surface area (Å²) in [6.07, 6.45) is 5.95. The SMILES string of the molecule is Cc1noc(C)c1-c1cc(CC[C@@H]2CN(C(=O)c3ccncn3)CCO2)ncn1. The van der Waals surface area contributed by atoms with Gasteiger partial charge in [0.2, 0.25) is 0 Å². The third-order valence-electron chi connectivity index (χ3n) is 4.96. The lowest BCUT2D eigenvalue weighted by Gasteiger charge is -2.32. The number of carbonyl (C=O) groups is 1. The van der Waals surface area contributed by atoms with Crippen LogP contribution in [-0.2, 0) is 11.2 Å². The maximum Gasteiger partial charge on any atom is 0.272 e. The Kier molecular flexibility index (Phi) is 5.57. The van der Waals surface area contributed by atoms with Crippen molar-refractivity contribution in [3.05, 3.63) is 53.8 Å². The second-order valence-corrected chi connectivity index (χ2v) is 6.97. The van der Waals surface area contributed by atoms with E-state index in [-0.39, 0.29) is 12.0 Å². The molecule has 0 aliphatic carbocycles. The first-order chi connectivity index (χ1) is 14.1. The lowest BCUT2D eigenvalue weighted by molar-refractivity contribution is -0.0248. The van der Waals surface area contributed by atoms with E-state index in [0.717, 1.165) is 41.2 Å². The van der Waals surface area contributed by atoms with Gasteiger partial charge in [0.25, 0.3) is 5.91 Å². The molecule has 1 aliphatic heterocycles. The number of amides is 1. The molecule has 0 N–H and O–H groups in total. The van der Waals surface area contributed by atoms with Gasteiger partial charge in [-0.1, -0.05) is 5.16 Å². The predicted octanol–water partition coefficient (Wildman–Crippen LogP) is 2.01. The Morgan fingerprint density at radius 1 is 1.24 bits per heavy atom. The minimum Gasteiger partial charge on any atom is -0.375 e. The molecule has 29 heavy (non-hydrogen) atoms. The Balaban J connectivity index is 1.39. The first-order valence-electron chi connectivity index (χ1n) is 9.53. The second kappa shape index (κ2) is 8.44. The highest BCUT2D eigenvalue weighted by Crippen LogP contribution is 2.25. The molecule has 1 atom stereocenters. The third kappa shape index (κ3) is 4.29. The van der Waals surface area contributed by atoms with E-state index >= 15 is 0 Å². The molecule has 0 saturated carbocycles. The van der Waals surface area contributed by atoms with Crippen molar-refractivity contribution in [2.24, 2.45) is 0 Å². The highest BCUT2D eigenvalue weighted by molar-refractivity contribution is 5.92. The topological polar surface area (TPSA) is 107 Å². The Bertz CT molecular complexity index is 971. The number of hydrogen-bond acceptors (Lipinski definition) is 8. The van der Waals surface area contributed by atoms with Crippen LogP contribution in [0.4, 0.5) is 0 Å². The highest BCUT2D eigenvalue weighted by Gasteiger charge is 2.25. The van der Waals surface area contributed by atoms with Gasteiger partial charge in [0, 0.05) is 25.0 Å². The summed E-state index contributed by atoms with van der Waals surface area (Å²) in [6, 6.07) is 3.59. The van der Waals surface area contributed by atoms with Crippen molar-refractivity contribution in [2.75, 3.05) is 19.7 Å². The molecule has 9 nitrogen and oxygen atoms in total. The van der Waals surface area contributed by atoms with Gasteiger partial charge in [-0.3, -0.25) is 4.79 Å². The molecule has 0 aromatic carbocycles. The van der Waals surface area contributed by atoms with Crippen LogP contribution in [0.2, 0.25) is 0 Å². The summed E-state index contributed by atoms with van der Waals surface area (Å²) in [5.74, 6) is 0.644. The molecule has 1 saturated heterocycles. The number of carbonyl (C=O) groups excluding carboxylic acids is 1. The first-order valence-corrected chi connectivity index (χ1v) is 9.53. The van der Waals surface area contributed by atoms with Gasteiger partial charge in [0.1, 0.15) is 24.1 Å². The van der Waals surface area contributed by atoms with Crippen molar-refractivity contribution in [1.82, 2.24) is 30.0 Å². The van der Waals surface area contributed by atoms with Gasteiger partial charge in [-0.25, -0.2) is 19.9 Å². The molecule has 9 heteroatoms. The van der Waals surface area contributed by atoms with E-state index in [1.807, 2.05) is 19.9 Å². The van der Waals surface area contributed by atoms with Crippen molar-refractivity contribution < 1.29 is 14.1 Å². The number of aryl methyl sites for hydroxylation is 3. The van der Waals surface area contributed by atoms with Crippen LogP contribution in [0.1, 0.15) is 34.1 Å². The van der Waals surface area contributed by atoms with E-state index < -0.39 is 0 Å². The van der Waals surface area contributed by atoms with Crippen LogP contribution in [0.5, 0.6) is 0 Å². The smallest absolute Gasteiger partial charge is 0.272 e. The van der Waals surface area contributed by atoms with Gasteiger partial charge >= 0.3 is 0 Å². The Morgan fingerprint density at radius 3 is 2.90 bits per heavy atom. The lowest BCUT2D eigenvalue weighted by Crippen LogP contribution is -2.46. The number of hydrogen-bond donors (Lipinski definition) is 0.